The largest absolute Gasteiger partial charge is 0.377 e. The van der Waals surface area contributed by atoms with Gasteiger partial charge in [0.05, 0.1) is 6.10 Å². The fourth-order valence-corrected chi connectivity index (χ4v) is 2.84. The summed E-state index contributed by atoms with van der Waals surface area (Å²) in [4.78, 5) is 0. The van der Waals surface area contributed by atoms with Crippen molar-refractivity contribution < 1.29 is 4.74 Å². The SMILES string of the molecule is CC1OCCC1NC1CCCC1(C)C. The molecule has 1 aliphatic carbocycles. The van der Waals surface area contributed by atoms with Crippen molar-refractivity contribution >= 4 is 0 Å². The highest BCUT2D eigenvalue weighted by Gasteiger charge is 2.37. The third-order valence-electron chi connectivity index (χ3n) is 4.05. The van der Waals surface area contributed by atoms with Gasteiger partial charge in [-0.25, -0.2) is 0 Å². The van der Waals surface area contributed by atoms with E-state index in [0.29, 0.717) is 23.6 Å². The molecule has 2 aliphatic rings. The molecule has 1 heterocycles. The summed E-state index contributed by atoms with van der Waals surface area (Å²) in [6, 6.07) is 1.30. The van der Waals surface area contributed by atoms with Crippen LogP contribution in [0, 0.1) is 5.41 Å². The molecule has 2 nitrogen and oxygen atoms in total. The molecule has 1 saturated carbocycles. The molecule has 1 aliphatic heterocycles. The van der Waals surface area contributed by atoms with Crippen LogP contribution in [0.3, 0.4) is 0 Å². The first-order valence-electron chi connectivity index (χ1n) is 5.97. The van der Waals surface area contributed by atoms with Crippen LogP contribution in [0.1, 0.15) is 46.5 Å². The second-order valence-corrected chi connectivity index (χ2v) is 5.57. The zero-order valence-corrected chi connectivity index (χ0v) is 9.68. The Balaban J connectivity index is 1.90. The molecular formula is C12H23NO. The van der Waals surface area contributed by atoms with E-state index in [-0.39, 0.29) is 0 Å². The first kappa shape index (κ1) is 10.4. The van der Waals surface area contributed by atoms with Crippen molar-refractivity contribution in [3.63, 3.8) is 0 Å². The van der Waals surface area contributed by atoms with E-state index in [4.69, 9.17) is 4.74 Å². The van der Waals surface area contributed by atoms with Gasteiger partial charge in [0, 0.05) is 18.7 Å². The Bertz CT molecular complexity index is 202. The summed E-state index contributed by atoms with van der Waals surface area (Å²) in [6.45, 7) is 7.90. The highest BCUT2D eigenvalue weighted by Crippen LogP contribution is 2.37. The fourth-order valence-electron chi connectivity index (χ4n) is 2.84. The Morgan fingerprint density at radius 1 is 1.29 bits per heavy atom. The van der Waals surface area contributed by atoms with Crippen LogP contribution in [-0.2, 0) is 4.74 Å². The molecule has 3 atom stereocenters. The van der Waals surface area contributed by atoms with Gasteiger partial charge in [0.2, 0.25) is 0 Å². The van der Waals surface area contributed by atoms with Gasteiger partial charge in [0.25, 0.3) is 0 Å². The van der Waals surface area contributed by atoms with E-state index in [1.807, 2.05) is 0 Å². The Hall–Kier alpha value is -0.0800. The predicted octanol–water partition coefficient (Wildman–Crippen LogP) is 2.33. The van der Waals surface area contributed by atoms with Crippen molar-refractivity contribution in [1.82, 2.24) is 5.32 Å². The van der Waals surface area contributed by atoms with Crippen LogP contribution < -0.4 is 5.32 Å². The lowest BCUT2D eigenvalue weighted by molar-refractivity contribution is 0.106. The molecule has 14 heavy (non-hydrogen) atoms. The maximum absolute atomic E-state index is 5.58. The lowest BCUT2D eigenvalue weighted by Gasteiger charge is -2.31. The monoisotopic (exact) mass is 197 g/mol. The Kier molecular flexibility index (Phi) is 2.85. The molecule has 0 aromatic heterocycles. The Labute approximate surface area is 87.4 Å². The van der Waals surface area contributed by atoms with Crippen molar-refractivity contribution in [3.05, 3.63) is 0 Å². The molecule has 0 aromatic rings. The van der Waals surface area contributed by atoms with E-state index in [9.17, 15) is 0 Å². The minimum Gasteiger partial charge on any atom is -0.377 e. The maximum Gasteiger partial charge on any atom is 0.0700 e. The molecule has 0 bridgehead atoms. The normalized spacial score (nSPS) is 41.8. The summed E-state index contributed by atoms with van der Waals surface area (Å²) in [7, 11) is 0. The van der Waals surface area contributed by atoms with Gasteiger partial charge in [-0.15, -0.1) is 0 Å². The van der Waals surface area contributed by atoms with Crippen molar-refractivity contribution in [3.8, 4) is 0 Å². The van der Waals surface area contributed by atoms with E-state index in [0.717, 1.165) is 6.61 Å². The molecule has 0 aromatic carbocycles. The van der Waals surface area contributed by atoms with E-state index in [1.54, 1.807) is 0 Å². The molecule has 1 saturated heterocycles. The molecule has 2 rings (SSSR count). The summed E-state index contributed by atoms with van der Waals surface area (Å²) >= 11 is 0. The number of hydrogen-bond acceptors (Lipinski definition) is 2. The van der Waals surface area contributed by atoms with Crippen LogP contribution >= 0.6 is 0 Å². The topological polar surface area (TPSA) is 21.3 Å². The van der Waals surface area contributed by atoms with Crippen LogP contribution in [0.4, 0.5) is 0 Å². The quantitative estimate of drug-likeness (QED) is 0.733. The average molecular weight is 197 g/mol. The van der Waals surface area contributed by atoms with Gasteiger partial charge in [-0.1, -0.05) is 20.3 Å². The average Bonchev–Trinajstić information content (AvgIpc) is 2.62. The van der Waals surface area contributed by atoms with Gasteiger partial charge in [-0.2, -0.15) is 0 Å². The lowest BCUT2D eigenvalue weighted by Crippen LogP contribution is -2.46. The summed E-state index contributed by atoms with van der Waals surface area (Å²) in [5, 5.41) is 3.79. The number of ether oxygens (including phenoxy) is 1. The van der Waals surface area contributed by atoms with Crippen molar-refractivity contribution in [2.45, 2.75) is 64.6 Å². The fraction of sp³-hybridized carbons (Fsp3) is 1.00. The van der Waals surface area contributed by atoms with Crippen LogP contribution in [0.5, 0.6) is 0 Å². The molecule has 2 fully saturated rings. The van der Waals surface area contributed by atoms with Gasteiger partial charge in [-0.05, 0) is 31.6 Å². The van der Waals surface area contributed by atoms with Crippen molar-refractivity contribution in [2.24, 2.45) is 5.41 Å². The predicted molar refractivity (Wildman–Crippen MR) is 58.4 cm³/mol. The van der Waals surface area contributed by atoms with Crippen molar-refractivity contribution in [2.75, 3.05) is 6.61 Å². The summed E-state index contributed by atoms with van der Waals surface area (Å²) in [5.74, 6) is 0. The van der Waals surface area contributed by atoms with Crippen LogP contribution in [0.15, 0.2) is 0 Å². The highest BCUT2D eigenvalue weighted by atomic mass is 16.5. The third-order valence-corrected chi connectivity index (χ3v) is 4.05. The van der Waals surface area contributed by atoms with Gasteiger partial charge in [0.15, 0.2) is 0 Å². The van der Waals surface area contributed by atoms with Gasteiger partial charge < -0.3 is 10.1 Å². The first-order chi connectivity index (χ1) is 6.59. The first-order valence-corrected chi connectivity index (χ1v) is 5.97. The summed E-state index contributed by atoms with van der Waals surface area (Å²) in [6.07, 6.45) is 5.69. The maximum atomic E-state index is 5.58. The number of rotatable bonds is 2. The Morgan fingerprint density at radius 2 is 2.07 bits per heavy atom. The smallest absolute Gasteiger partial charge is 0.0700 e. The standard InChI is InChI=1S/C12H23NO/c1-9-10(6-8-14-9)13-11-5-4-7-12(11,2)3/h9-11,13H,4-8H2,1-3H3. The van der Waals surface area contributed by atoms with Gasteiger partial charge >= 0.3 is 0 Å². The second kappa shape index (κ2) is 3.82. The minimum atomic E-state index is 0.409. The second-order valence-electron chi connectivity index (χ2n) is 5.57. The van der Waals surface area contributed by atoms with Gasteiger partial charge in [-0.3, -0.25) is 0 Å². The molecule has 82 valence electrons. The summed E-state index contributed by atoms with van der Waals surface area (Å²) < 4.78 is 5.58. The van der Waals surface area contributed by atoms with Crippen LogP contribution in [0.25, 0.3) is 0 Å². The number of nitrogens with one attached hydrogen (secondary N) is 1. The van der Waals surface area contributed by atoms with Crippen LogP contribution in [-0.4, -0.2) is 24.8 Å². The highest BCUT2D eigenvalue weighted by molar-refractivity contribution is 4.94. The van der Waals surface area contributed by atoms with Crippen molar-refractivity contribution in [1.29, 1.82) is 0 Å². The third kappa shape index (κ3) is 1.96. The molecule has 2 heteroatoms. The van der Waals surface area contributed by atoms with E-state index in [1.165, 1.54) is 25.7 Å². The zero-order chi connectivity index (χ0) is 10.2. The molecule has 0 amide bonds. The van der Waals surface area contributed by atoms with Gasteiger partial charge in [0.1, 0.15) is 0 Å². The lowest BCUT2D eigenvalue weighted by atomic mass is 9.86. The molecule has 0 spiro atoms. The van der Waals surface area contributed by atoms with Crippen LogP contribution in [0.2, 0.25) is 0 Å². The van der Waals surface area contributed by atoms with E-state index in [2.05, 4.69) is 26.1 Å². The van der Waals surface area contributed by atoms with E-state index >= 15 is 0 Å². The minimum absolute atomic E-state index is 0.409. The van der Waals surface area contributed by atoms with E-state index < -0.39 is 0 Å². The molecule has 1 N–H and O–H groups in total. The number of hydrogen-bond donors (Lipinski definition) is 1. The Morgan fingerprint density at radius 3 is 2.57 bits per heavy atom. The molecule has 0 radical (unpaired) electrons. The zero-order valence-electron chi connectivity index (χ0n) is 9.68. The summed E-state index contributed by atoms with van der Waals surface area (Å²) in [5.41, 5.74) is 0.488. The molecular weight excluding hydrogens is 174 g/mol. The molecule has 3 unspecified atom stereocenters.